The van der Waals surface area contributed by atoms with Crippen molar-refractivity contribution in [2.24, 2.45) is 0 Å². The van der Waals surface area contributed by atoms with E-state index in [4.69, 9.17) is 0 Å². The predicted molar refractivity (Wildman–Crippen MR) is 82.7 cm³/mol. The SMILES string of the molecule is Cc1ccccc1Nc1nnc2c3ccccc3cnn12. The molecule has 0 aliphatic carbocycles. The maximum atomic E-state index is 4.42. The van der Waals surface area contributed by atoms with Gasteiger partial charge in [-0.25, -0.2) is 0 Å². The smallest absolute Gasteiger partial charge is 0.250 e. The lowest BCUT2D eigenvalue weighted by Gasteiger charge is -2.07. The fourth-order valence-electron chi connectivity index (χ4n) is 2.40. The molecule has 0 saturated carbocycles. The molecule has 0 aliphatic heterocycles. The van der Waals surface area contributed by atoms with E-state index >= 15 is 0 Å². The standard InChI is InChI=1S/C16H13N5/c1-11-6-2-5-9-14(11)18-16-20-19-15-13-8-4-3-7-12(13)10-17-21(15)16/h2-10H,1H3,(H,18,20). The number of anilines is 2. The molecule has 5 nitrogen and oxygen atoms in total. The molecule has 2 aromatic carbocycles. The molecule has 0 radical (unpaired) electrons. The molecule has 102 valence electrons. The highest BCUT2D eigenvalue weighted by Gasteiger charge is 2.10. The van der Waals surface area contributed by atoms with Crippen LogP contribution in [0.25, 0.3) is 16.4 Å². The molecule has 21 heavy (non-hydrogen) atoms. The highest BCUT2D eigenvalue weighted by molar-refractivity contribution is 5.93. The second-order valence-corrected chi connectivity index (χ2v) is 4.93. The molecule has 4 aromatic rings. The van der Waals surface area contributed by atoms with Crippen LogP contribution in [0.4, 0.5) is 11.6 Å². The van der Waals surface area contributed by atoms with Crippen LogP contribution in [-0.2, 0) is 0 Å². The van der Waals surface area contributed by atoms with E-state index in [-0.39, 0.29) is 0 Å². The highest BCUT2D eigenvalue weighted by atomic mass is 15.4. The number of nitrogens with one attached hydrogen (secondary N) is 1. The summed E-state index contributed by atoms with van der Waals surface area (Å²) in [5.74, 6) is 0.616. The van der Waals surface area contributed by atoms with Crippen molar-refractivity contribution in [1.82, 2.24) is 19.8 Å². The lowest BCUT2D eigenvalue weighted by Crippen LogP contribution is -2.00. The Morgan fingerprint density at radius 1 is 0.952 bits per heavy atom. The Balaban J connectivity index is 1.87. The minimum atomic E-state index is 0.616. The van der Waals surface area contributed by atoms with Gasteiger partial charge in [0.1, 0.15) is 0 Å². The lowest BCUT2D eigenvalue weighted by atomic mass is 10.2. The summed E-state index contributed by atoms with van der Waals surface area (Å²) >= 11 is 0. The van der Waals surface area contributed by atoms with Crippen molar-refractivity contribution in [2.75, 3.05) is 5.32 Å². The third-order valence-electron chi connectivity index (χ3n) is 3.55. The number of para-hydroxylation sites is 1. The number of aryl methyl sites for hydroxylation is 1. The molecule has 2 heterocycles. The third-order valence-corrected chi connectivity index (χ3v) is 3.55. The van der Waals surface area contributed by atoms with Crippen LogP contribution in [0.3, 0.4) is 0 Å². The molecule has 0 atom stereocenters. The Hall–Kier alpha value is -2.95. The normalized spacial score (nSPS) is 11.1. The van der Waals surface area contributed by atoms with E-state index in [0.717, 1.165) is 27.7 Å². The Kier molecular flexibility index (Phi) is 2.57. The number of nitrogens with zero attached hydrogens (tertiary/aromatic N) is 4. The van der Waals surface area contributed by atoms with Crippen molar-refractivity contribution in [3.8, 4) is 0 Å². The fraction of sp³-hybridized carbons (Fsp3) is 0.0625. The molecular weight excluding hydrogens is 262 g/mol. The molecule has 4 rings (SSSR count). The average Bonchev–Trinajstić information content (AvgIpc) is 2.93. The van der Waals surface area contributed by atoms with Crippen LogP contribution in [0.1, 0.15) is 5.56 Å². The van der Waals surface area contributed by atoms with E-state index in [9.17, 15) is 0 Å². The fourth-order valence-corrected chi connectivity index (χ4v) is 2.40. The van der Waals surface area contributed by atoms with Crippen LogP contribution < -0.4 is 5.32 Å². The number of fused-ring (bicyclic) bond motifs is 3. The molecule has 0 saturated heterocycles. The van der Waals surface area contributed by atoms with Crippen LogP contribution in [0.15, 0.2) is 54.7 Å². The van der Waals surface area contributed by atoms with Crippen LogP contribution >= 0.6 is 0 Å². The van der Waals surface area contributed by atoms with Crippen molar-refractivity contribution < 1.29 is 0 Å². The summed E-state index contributed by atoms with van der Waals surface area (Å²) in [4.78, 5) is 0. The van der Waals surface area contributed by atoms with E-state index < -0.39 is 0 Å². The molecule has 1 N–H and O–H groups in total. The van der Waals surface area contributed by atoms with Gasteiger partial charge in [-0.3, -0.25) is 0 Å². The first-order valence-electron chi connectivity index (χ1n) is 6.75. The van der Waals surface area contributed by atoms with Gasteiger partial charge in [-0.1, -0.05) is 42.5 Å². The van der Waals surface area contributed by atoms with E-state index in [2.05, 4.69) is 20.6 Å². The monoisotopic (exact) mass is 275 g/mol. The van der Waals surface area contributed by atoms with Gasteiger partial charge in [0.2, 0.25) is 5.95 Å². The number of hydrogen-bond donors (Lipinski definition) is 1. The molecule has 0 bridgehead atoms. The van der Waals surface area contributed by atoms with Gasteiger partial charge in [-0.2, -0.15) is 9.61 Å². The van der Waals surface area contributed by atoms with Crippen LogP contribution in [0, 0.1) is 6.92 Å². The van der Waals surface area contributed by atoms with Gasteiger partial charge in [-0.15, -0.1) is 10.2 Å². The Labute approximate surface area is 121 Å². The maximum Gasteiger partial charge on any atom is 0.250 e. The summed E-state index contributed by atoms with van der Waals surface area (Å²) in [5.41, 5.74) is 2.90. The van der Waals surface area contributed by atoms with Crippen molar-refractivity contribution in [3.63, 3.8) is 0 Å². The summed E-state index contributed by atoms with van der Waals surface area (Å²) in [6.07, 6.45) is 1.83. The molecule has 0 spiro atoms. The van der Waals surface area contributed by atoms with Crippen molar-refractivity contribution in [1.29, 1.82) is 0 Å². The molecule has 0 aliphatic rings. The summed E-state index contributed by atoms with van der Waals surface area (Å²) in [6, 6.07) is 16.1. The van der Waals surface area contributed by atoms with E-state index in [1.807, 2.05) is 61.7 Å². The van der Waals surface area contributed by atoms with Gasteiger partial charge < -0.3 is 5.32 Å². The van der Waals surface area contributed by atoms with E-state index in [1.165, 1.54) is 0 Å². The summed E-state index contributed by atoms with van der Waals surface area (Å²) in [5, 5.41) is 18.3. The first kappa shape index (κ1) is 11.8. The molecule has 0 fully saturated rings. The molecule has 0 unspecified atom stereocenters. The second kappa shape index (κ2) is 4.56. The Morgan fingerprint density at radius 2 is 1.76 bits per heavy atom. The molecule has 0 amide bonds. The van der Waals surface area contributed by atoms with E-state index in [1.54, 1.807) is 4.52 Å². The Morgan fingerprint density at radius 3 is 2.67 bits per heavy atom. The average molecular weight is 275 g/mol. The zero-order valence-corrected chi connectivity index (χ0v) is 11.5. The van der Waals surface area contributed by atoms with Crippen LogP contribution in [0.5, 0.6) is 0 Å². The van der Waals surface area contributed by atoms with Gasteiger partial charge in [0, 0.05) is 16.5 Å². The topological polar surface area (TPSA) is 55.1 Å². The summed E-state index contributed by atoms with van der Waals surface area (Å²) in [7, 11) is 0. The van der Waals surface area contributed by atoms with Gasteiger partial charge in [0.25, 0.3) is 0 Å². The number of rotatable bonds is 2. The zero-order valence-electron chi connectivity index (χ0n) is 11.5. The largest absolute Gasteiger partial charge is 0.323 e. The number of benzene rings is 2. The lowest BCUT2D eigenvalue weighted by molar-refractivity contribution is 0.945. The molecule has 2 aromatic heterocycles. The molecular formula is C16H13N5. The highest BCUT2D eigenvalue weighted by Crippen LogP contribution is 2.22. The maximum absolute atomic E-state index is 4.42. The minimum absolute atomic E-state index is 0.616. The Bertz CT molecular complexity index is 942. The second-order valence-electron chi connectivity index (χ2n) is 4.93. The van der Waals surface area contributed by atoms with Gasteiger partial charge >= 0.3 is 0 Å². The summed E-state index contributed by atoms with van der Waals surface area (Å²) < 4.78 is 1.73. The number of aromatic nitrogens is 4. The van der Waals surface area contributed by atoms with Gasteiger partial charge in [0.05, 0.1) is 6.20 Å². The first-order valence-corrected chi connectivity index (χ1v) is 6.75. The van der Waals surface area contributed by atoms with Crippen LogP contribution in [0.2, 0.25) is 0 Å². The zero-order chi connectivity index (χ0) is 14.2. The minimum Gasteiger partial charge on any atom is -0.323 e. The van der Waals surface area contributed by atoms with Gasteiger partial charge in [-0.05, 0) is 18.6 Å². The number of hydrogen-bond acceptors (Lipinski definition) is 4. The molecule has 5 heteroatoms. The van der Waals surface area contributed by atoms with Crippen molar-refractivity contribution in [3.05, 3.63) is 60.3 Å². The summed E-state index contributed by atoms with van der Waals surface area (Å²) in [6.45, 7) is 2.05. The van der Waals surface area contributed by atoms with Crippen molar-refractivity contribution >= 4 is 28.1 Å². The predicted octanol–water partition coefficient (Wildman–Crippen LogP) is 3.33. The third kappa shape index (κ3) is 1.90. The van der Waals surface area contributed by atoms with Crippen molar-refractivity contribution in [2.45, 2.75) is 6.92 Å². The van der Waals surface area contributed by atoms with E-state index in [0.29, 0.717) is 5.95 Å². The first-order chi connectivity index (χ1) is 10.3. The quantitative estimate of drug-likeness (QED) is 0.609. The van der Waals surface area contributed by atoms with Gasteiger partial charge in [0.15, 0.2) is 5.65 Å². The van der Waals surface area contributed by atoms with Crippen LogP contribution in [-0.4, -0.2) is 19.8 Å².